The zero-order valence-corrected chi connectivity index (χ0v) is 67.5. The second kappa shape index (κ2) is 64.3. The summed E-state index contributed by atoms with van der Waals surface area (Å²) in [7, 11) is 0. The van der Waals surface area contributed by atoms with Gasteiger partial charge < -0.3 is 29.8 Å². The maximum absolute atomic E-state index is 13.3. The number of aliphatic imine (C=N–C) groups is 2. The lowest BCUT2D eigenvalue weighted by Crippen LogP contribution is -2.77. The van der Waals surface area contributed by atoms with Crippen molar-refractivity contribution in [2.75, 3.05) is 37.4 Å². The van der Waals surface area contributed by atoms with Gasteiger partial charge in [-0.25, -0.2) is 9.59 Å². The molecule has 0 amide bonds. The van der Waals surface area contributed by atoms with Gasteiger partial charge in [0, 0.05) is 35.1 Å². The molecule has 0 atom stereocenters. The number of ether oxygens (including phenoxy) is 4. The Bertz CT molecular complexity index is 2910. The molecule has 0 saturated carbocycles. The Kier molecular flexibility index (Phi) is 60.6. The third kappa shape index (κ3) is 45.1. The van der Waals surface area contributed by atoms with E-state index in [0.29, 0.717) is 39.3 Å². The Labute approximate surface area is 648 Å². The molecule has 4 N–H and O–H groups in total. The molecule has 578 valence electrons. The number of rotatable bonds is 50. The van der Waals surface area contributed by atoms with Gasteiger partial charge in [-0.05, 0) is 200 Å². The van der Waals surface area contributed by atoms with Crippen molar-refractivity contribution in [2.45, 2.75) is 220 Å². The molecule has 0 fully saturated rings. The zero-order chi connectivity index (χ0) is 78.7. The van der Waals surface area contributed by atoms with Crippen LogP contribution < -0.4 is 5.73 Å². The normalized spacial score (nSPS) is 10.6. The number of allylic oxidation sites excluding steroid dienone is 9. The number of halogens is 1. The van der Waals surface area contributed by atoms with Gasteiger partial charge in [0.15, 0.2) is 11.1 Å². The molecule has 0 heterocycles. The largest absolute Gasteiger partial charge is 0.481 e. The Morgan fingerprint density at radius 3 is 0.962 bits per heavy atom. The van der Waals surface area contributed by atoms with Crippen LogP contribution >= 0.6 is 22.6 Å². The lowest BCUT2D eigenvalue weighted by molar-refractivity contribution is -0.466. The summed E-state index contributed by atoms with van der Waals surface area (Å²) in [5.41, 5.74) is 7.23. The summed E-state index contributed by atoms with van der Waals surface area (Å²) < 4.78 is 22.0. The number of aliphatic carboxylic acids is 1. The molecule has 0 bridgehead atoms. The van der Waals surface area contributed by atoms with E-state index in [1.807, 2.05) is 211 Å². The maximum atomic E-state index is 13.3. The lowest BCUT2D eigenvalue weighted by Gasteiger charge is -2.29. The lowest BCUT2D eigenvalue weighted by atomic mass is 9.80. The molecule has 0 saturated heterocycles. The fourth-order valence-corrected chi connectivity index (χ4v) is 11.4. The molecule has 0 aliphatic heterocycles. The fourth-order valence-electron chi connectivity index (χ4n) is 10.9. The molecule has 0 aromatic heterocycles. The van der Waals surface area contributed by atoms with E-state index in [9.17, 15) is 29.1 Å². The van der Waals surface area contributed by atoms with Gasteiger partial charge in [-0.1, -0.05) is 199 Å². The number of nitrogens with zero attached hydrogens (tertiary/aromatic N) is 2. The van der Waals surface area contributed by atoms with Crippen LogP contribution in [0.1, 0.15) is 231 Å². The molecule has 0 aliphatic rings. The molecule has 0 aliphatic carbocycles. The number of carboxylic acid groups (broad SMARTS) is 1. The van der Waals surface area contributed by atoms with Crippen LogP contribution in [0.2, 0.25) is 0 Å². The van der Waals surface area contributed by atoms with Crippen molar-refractivity contribution >= 4 is 63.9 Å². The number of carbonyl (C=O) groups is 5. The number of hydrogen-bond donors (Lipinski definition) is 2. The smallest absolute Gasteiger partial charge is 0.367 e. The van der Waals surface area contributed by atoms with Crippen LogP contribution in [0.5, 0.6) is 0 Å². The quantitative estimate of drug-likeness (QED) is 0.00817. The Hall–Kier alpha value is -8.08. The summed E-state index contributed by atoms with van der Waals surface area (Å²) in [5.74, 6) is -1.48. The van der Waals surface area contributed by atoms with Crippen LogP contribution in [0.3, 0.4) is 0 Å². The van der Waals surface area contributed by atoms with Crippen LogP contribution in [-0.4, -0.2) is 94.9 Å². The first-order chi connectivity index (χ1) is 50.7. The highest BCUT2D eigenvalue weighted by Crippen LogP contribution is 2.34. The van der Waals surface area contributed by atoms with Gasteiger partial charge in [0.05, 0.1) is 48.7 Å². The van der Waals surface area contributed by atoms with Crippen molar-refractivity contribution in [3.63, 3.8) is 0 Å². The summed E-state index contributed by atoms with van der Waals surface area (Å²) in [5, 5.41) is 9.18. The third-order valence-electron chi connectivity index (χ3n) is 17.0. The van der Waals surface area contributed by atoms with E-state index in [2.05, 4.69) is 92.5 Å². The highest BCUT2D eigenvalue weighted by molar-refractivity contribution is 14.1. The van der Waals surface area contributed by atoms with Crippen LogP contribution in [0.15, 0.2) is 245 Å². The third-order valence-corrected chi connectivity index (χ3v) is 17.8. The number of quaternary nitrogens is 1. The minimum absolute atomic E-state index is 0.0347. The van der Waals surface area contributed by atoms with E-state index in [4.69, 9.17) is 23.9 Å². The molecular weight excluding hydrogens is 1420 g/mol. The van der Waals surface area contributed by atoms with Gasteiger partial charge in [-0.3, -0.25) is 24.4 Å². The van der Waals surface area contributed by atoms with Gasteiger partial charge in [0.2, 0.25) is 0 Å². The standard InChI is InChI=1S/C27H33NO2.C17H17NO2.C15H26O2.C14H25NO2.C13H22O2.C5H9I/c1-4-7-15-21-27(22-16-8-5-2,26(29)30-6-3)28-25(23-17-11-9-12-18-23)24-19-13-10-14-20-24;1-2-20-16(19)13-18-17(14-9-5-3-6-10-14)15-11-7-4-8-12-15;1-5-8-10-12-15(4,13-11-9-6-2)14(16)17-7-3;1-4-7-9-11-14(15,12-10-8-5-2)13(16)17-6-3;1-4-6-8-10-13(3,12(14)15)11-9-7-5-2;1-2-3-4-5-6/h4-5,9-14,17-20H,1-2,6-8,15-16,21-22H2,3H3;3-12H,2,13H2,1H3;5-6H,1-2,7-13H2,3-4H3;4-5H,1-2,6-12,15H2,3H3;4-5H,1-2,6-11H2,3H3,(H,14,15);2H,1,3-5H2/p+1. The molecular formula is C91H133IN3O10+. The molecule has 13 nitrogen and oxygen atoms in total. The van der Waals surface area contributed by atoms with Crippen molar-refractivity contribution in [1.82, 2.24) is 0 Å². The number of carboxylic acids is 1. The molecule has 0 unspecified atom stereocenters. The zero-order valence-electron chi connectivity index (χ0n) is 65.3. The highest BCUT2D eigenvalue weighted by Gasteiger charge is 2.40. The van der Waals surface area contributed by atoms with Crippen molar-refractivity contribution in [3.8, 4) is 0 Å². The Balaban J connectivity index is 0. The Morgan fingerprint density at radius 1 is 0.390 bits per heavy atom. The molecule has 4 aromatic carbocycles. The summed E-state index contributed by atoms with van der Waals surface area (Å²) in [6, 6.07) is 39.8. The van der Waals surface area contributed by atoms with Crippen molar-refractivity contribution in [1.29, 1.82) is 0 Å². The average Bonchev–Trinajstić information content (AvgIpc) is 0.799. The minimum Gasteiger partial charge on any atom is -0.481 e. The van der Waals surface area contributed by atoms with Gasteiger partial charge in [-0.15, -0.1) is 59.2 Å². The monoisotopic (exact) mass is 1550 g/mol. The van der Waals surface area contributed by atoms with Crippen LogP contribution in [0, 0.1) is 10.8 Å². The molecule has 0 spiro atoms. The van der Waals surface area contributed by atoms with E-state index >= 15 is 0 Å². The number of carbonyl (C=O) groups excluding carboxylic acids is 4. The van der Waals surface area contributed by atoms with E-state index in [-0.39, 0.29) is 35.8 Å². The number of hydrogen-bond acceptors (Lipinski definition) is 11. The first-order valence-corrected chi connectivity index (χ1v) is 39.4. The van der Waals surface area contributed by atoms with Crippen LogP contribution in [0.4, 0.5) is 0 Å². The topological polar surface area (TPSA) is 195 Å². The van der Waals surface area contributed by atoms with Crippen molar-refractivity contribution in [2.24, 2.45) is 20.8 Å². The highest BCUT2D eigenvalue weighted by atomic mass is 127. The Morgan fingerprint density at radius 2 is 0.667 bits per heavy atom. The number of esters is 4. The minimum atomic E-state index is -0.928. The van der Waals surface area contributed by atoms with E-state index in [0.717, 1.165) is 175 Å². The second-order valence-corrected chi connectivity index (χ2v) is 26.9. The number of alkyl halides is 1. The summed E-state index contributed by atoms with van der Waals surface area (Å²) in [6.07, 6.45) is 39.9. The average molecular weight is 1560 g/mol. The van der Waals surface area contributed by atoms with Gasteiger partial charge in [0.25, 0.3) is 0 Å². The van der Waals surface area contributed by atoms with Gasteiger partial charge >= 0.3 is 29.8 Å². The van der Waals surface area contributed by atoms with E-state index in [1.54, 1.807) is 6.92 Å². The molecule has 4 rings (SSSR count). The first kappa shape index (κ1) is 99.0. The maximum Gasteiger partial charge on any atom is 0.367 e. The van der Waals surface area contributed by atoms with Gasteiger partial charge in [-0.2, -0.15) is 0 Å². The first-order valence-electron chi connectivity index (χ1n) is 37.8. The summed E-state index contributed by atoms with van der Waals surface area (Å²) >= 11 is 2.36. The van der Waals surface area contributed by atoms with Crippen molar-refractivity contribution < 1.29 is 53.8 Å². The molecule has 0 radical (unpaired) electrons. The van der Waals surface area contributed by atoms with Crippen molar-refractivity contribution in [3.05, 3.63) is 257 Å². The van der Waals surface area contributed by atoms with E-state index in [1.165, 1.54) is 17.3 Å². The molecule has 105 heavy (non-hydrogen) atoms. The molecule has 4 aromatic rings. The number of unbranched alkanes of at least 4 members (excludes halogenated alkanes) is 9. The summed E-state index contributed by atoms with van der Waals surface area (Å²) in [6.45, 7) is 46.1. The molecule has 14 heteroatoms. The predicted molar refractivity (Wildman–Crippen MR) is 451 cm³/mol. The SMILES string of the molecule is C=CCCCC(C)(CCCC=C)C(=O)O.C=CCCCC(C)(CCCC=C)C(=O)OCC.C=CCCCC(CCCC=C)(N=C(c1ccccc1)c1ccccc1)C(=O)OCC.C=CCCCC([NH3+])(CCCC=C)C(=O)OCC.C=CCCCI.CCOC(=O)CN=C(c1ccccc1)c1ccccc1. The van der Waals surface area contributed by atoms with Crippen LogP contribution in [0.25, 0.3) is 0 Å². The fraction of sp³-hybridized carbons (Fsp3) is 0.462. The van der Waals surface area contributed by atoms with E-state index < -0.39 is 22.5 Å². The summed E-state index contributed by atoms with van der Waals surface area (Å²) in [4.78, 5) is 69.4. The number of benzene rings is 4. The second-order valence-electron chi connectivity index (χ2n) is 25.9. The predicted octanol–water partition coefficient (Wildman–Crippen LogP) is 22.3. The van der Waals surface area contributed by atoms with Crippen LogP contribution in [-0.2, 0) is 42.9 Å². The van der Waals surface area contributed by atoms with Gasteiger partial charge in [0.1, 0.15) is 6.54 Å².